The highest BCUT2D eigenvalue weighted by Gasteiger charge is 2.28. The molecular formula is C22H21ClN4O2. The number of amidine groups is 1. The number of methoxy groups -OCH3 is 1. The van der Waals surface area contributed by atoms with Gasteiger partial charge in [-0.25, -0.2) is 4.98 Å². The van der Waals surface area contributed by atoms with Gasteiger partial charge in [-0.15, -0.1) is 0 Å². The first-order valence-corrected chi connectivity index (χ1v) is 9.67. The molecule has 3 heterocycles. The number of halogens is 1. The number of aryl methyl sites for hydroxylation is 1. The second-order valence-electron chi connectivity index (χ2n) is 6.86. The van der Waals surface area contributed by atoms with E-state index in [2.05, 4.69) is 20.4 Å². The van der Waals surface area contributed by atoms with E-state index in [-0.39, 0.29) is 12.1 Å². The number of nitrogens with one attached hydrogen (secondary N) is 1. The van der Waals surface area contributed by atoms with E-state index in [9.17, 15) is 0 Å². The van der Waals surface area contributed by atoms with Crippen LogP contribution in [0.4, 0.5) is 0 Å². The van der Waals surface area contributed by atoms with Crippen molar-refractivity contribution in [2.45, 2.75) is 26.0 Å². The third-order valence-electron chi connectivity index (χ3n) is 4.80. The summed E-state index contributed by atoms with van der Waals surface area (Å²) in [6, 6.07) is 15.4. The third kappa shape index (κ3) is 4.03. The molecule has 6 nitrogen and oxygen atoms in total. The highest BCUT2D eigenvalue weighted by Crippen LogP contribution is 2.30. The highest BCUT2D eigenvalue weighted by molar-refractivity contribution is 6.30. The second kappa shape index (κ2) is 8.09. The molecule has 0 aliphatic carbocycles. The number of oxime groups is 1. The molecule has 0 amide bonds. The number of hydrogen-bond acceptors (Lipinski definition) is 6. The summed E-state index contributed by atoms with van der Waals surface area (Å²) in [5.41, 5.74) is 4.52. The Balaban J connectivity index is 1.65. The van der Waals surface area contributed by atoms with E-state index in [1.165, 1.54) is 0 Å². The molecule has 2 aromatic heterocycles. The van der Waals surface area contributed by atoms with E-state index in [1.54, 1.807) is 13.3 Å². The average Bonchev–Trinajstić information content (AvgIpc) is 2.74. The van der Waals surface area contributed by atoms with E-state index in [0.717, 1.165) is 22.4 Å². The quantitative estimate of drug-likeness (QED) is 0.687. The van der Waals surface area contributed by atoms with Crippen LogP contribution in [0.5, 0.6) is 5.88 Å². The first kappa shape index (κ1) is 19.2. The molecule has 148 valence electrons. The maximum atomic E-state index is 6.02. The number of nitrogens with zero attached hydrogens (tertiary/aromatic N) is 3. The standard InChI is InChI=1S/C22H21ClN4O2/c1-13-12-16(10-11-24-13)18-8-9-19(25-22(18)28-3)21-26-20(14(2)29-27-21)15-4-6-17(23)7-5-15/h4-12,14,20H,1-3H3,(H,26,27)/t14-,20-/m0/s1. The molecule has 1 aliphatic rings. The van der Waals surface area contributed by atoms with Crippen molar-refractivity contribution in [2.75, 3.05) is 7.11 Å². The topological polar surface area (TPSA) is 68.6 Å². The number of ether oxygens (including phenoxy) is 1. The van der Waals surface area contributed by atoms with Crippen LogP contribution >= 0.6 is 11.6 Å². The molecule has 1 N–H and O–H groups in total. The van der Waals surface area contributed by atoms with Crippen molar-refractivity contribution >= 4 is 17.4 Å². The van der Waals surface area contributed by atoms with Gasteiger partial charge in [0.2, 0.25) is 5.88 Å². The lowest BCUT2D eigenvalue weighted by Crippen LogP contribution is -2.40. The van der Waals surface area contributed by atoms with Crippen molar-refractivity contribution in [1.29, 1.82) is 0 Å². The summed E-state index contributed by atoms with van der Waals surface area (Å²) in [4.78, 5) is 14.5. The molecule has 0 fully saturated rings. The number of hydrogen-bond donors (Lipinski definition) is 1. The molecule has 0 saturated heterocycles. The van der Waals surface area contributed by atoms with Crippen LogP contribution in [0.1, 0.15) is 29.9 Å². The largest absolute Gasteiger partial charge is 0.481 e. The summed E-state index contributed by atoms with van der Waals surface area (Å²) in [7, 11) is 1.61. The van der Waals surface area contributed by atoms with Gasteiger partial charge >= 0.3 is 0 Å². The fourth-order valence-corrected chi connectivity index (χ4v) is 3.42. The smallest absolute Gasteiger partial charge is 0.221 e. The molecule has 1 aromatic carbocycles. The zero-order valence-corrected chi connectivity index (χ0v) is 17.1. The average molecular weight is 409 g/mol. The lowest BCUT2D eigenvalue weighted by atomic mass is 10.0. The Hall–Kier alpha value is -3.12. The molecule has 0 spiro atoms. The highest BCUT2D eigenvalue weighted by atomic mass is 35.5. The molecule has 3 aromatic rings. The normalized spacial score (nSPS) is 18.4. The molecule has 0 radical (unpaired) electrons. The summed E-state index contributed by atoms with van der Waals surface area (Å²) in [5.74, 6) is 1.07. The van der Waals surface area contributed by atoms with Crippen LogP contribution in [0.3, 0.4) is 0 Å². The molecular weight excluding hydrogens is 388 g/mol. The maximum Gasteiger partial charge on any atom is 0.221 e. The minimum Gasteiger partial charge on any atom is -0.481 e. The summed E-state index contributed by atoms with van der Waals surface area (Å²) in [5, 5.41) is 8.34. The summed E-state index contributed by atoms with van der Waals surface area (Å²) in [6.07, 6.45) is 1.64. The number of benzene rings is 1. The Morgan fingerprint density at radius 2 is 1.90 bits per heavy atom. The zero-order chi connectivity index (χ0) is 20.4. The van der Waals surface area contributed by atoms with Crippen LogP contribution in [0, 0.1) is 6.92 Å². The summed E-state index contributed by atoms with van der Waals surface area (Å²) < 4.78 is 5.55. The van der Waals surface area contributed by atoms with Gasteiger partial charge in [-0.1, -0.05) is 28.9 Å². The van der Waals surface area contributed by atoms with Crippen LogP contribution in [-0.4, -0.2) is 29.0 Å². The van der Waals surface area contributed by atoms with Gasteiger partial charge in [-0.3, -0.25) is 4.98 Å². The van der Waals surface area contributed by atoms with E-state index in [4.69, 9.17) is 21.2 Å². The van der Waals surface area contributed by atoms with Crippen molar-refractivity contribution in [3.05, 3.63) is 76.7 Å². The third-order valence-corrected chi connectivity index (χ3v) is 5.06. The van der Waals surface area contributed by atoms with Crippen LogP contribution in [-0.2, 0) is 4.84 Å². The van der Waals surface area contributed by atoms with Gasteiger partial charge < -0.3 is 14.9 Å². The molecule has 2 atom stereocenters. The summed E-state index contributed by atoms with van der Waals surface area (Å²) in [6.45, 7) is 3.92. The van der Waals surface area contributed by atoms with Gasteiger partial charge in [-0.2, -0.15) is 0 Å². The van der Waals surface area contributed by atoms with E-state index in [1.807, 2.05) is 62.4 Å². The Kier molecular flexibility index (Phi) is 5.36. The molecule has 29 heavy (non-hydrogen) atoms. The lowest BCUT2D eigenvalue weighted by molar-refractivity contribution is 0.0342. The number of aromatic nitrogens is 2. The van der Waals surface area contributed by atoms with Crippen LogP contribution in [0.15, 0.2) is 59.9 Å². The van der Waals surface area contributed by atoms with Gasteiger partial charge in [0.15, 0.2) is 5.84 Å². The van der Waals surface area contributed by atoms with Crippen molar-refractivity contribution in [3.63, 3.8) is 0 Å². The van der Waals surface area contributed by atoms with Gasteiger partial charge in [0.05, 0.1) is 13.2 Å². The number of rotatable bonds is 4. The predicted octanol–water partition coefficient (Wildman–Crippen LogP) is 4.53. The first-order chi connectivity index (χ1) is 14.0. The Bertz CT molecular complexity index is 1050. The number of pyridine rings is 2. The fraction of sp³-hybridized carbons (Fsp3) is 0.227. The Morgan fingerprint density at radius 3 is 2.62 bits per heavy atom. The summed E-state index contributed by atoms with van der Waals surface area (Å²) >= 11 is 6.02. The second-order valence-corrected chi connectivity index (χ2v) is 7.30. The monoisotopic (exact) mass is 408 g/mol. The molecule has 7 heteroatoms. The molecule has 0 unspecified atom stereocenters. The van der Waals surface area contributed by atoms with Crippen molar-refractivity contribution in [3.8, 4) is 17.0 Å². The van der Waals surface area contributed by atoms with Crippen molar-refractivity contribution in [2.24, 2.45) is 5.16 Å². The van der Waals surface area contributed by atoms with Crippen molar-refractivity contribution < 1.29 is 9.57 Å². The first-order valence-electron chi connectivity index (χ1n) is 9.29. The van der Waals surface area contributed by atoms with Gasteiger partial charge in [0.25, 0.3) is 0 Å². The Labute approximate surface area is 174 Å². The molecule has 4 rings (SSSR count). The van der Waals surface area contributed by atoms with Gasteiger partial charge in [-0.05, 0) is 61.4 Å². The predicted molar refractivity (Wildman–Crippen MR) is 113 cm³/mol. The molecule has 1 aliphatic heterocycles. The lowest BCUT2D eigenvalue weighted by Gasteiger charge is -2.29. The van der Waals surface area contributed by atoms with Crippen molar-refractivity contribution in [1.82, 2.24) is 15.3 Å². The van der Waals surface area contributed by atoms with E-state index < -0.39 is 0 Å². The minimum atomic E-state index is -0.138. The van der Waals surface area contributed by atoms with Crippen LogP contribution in [0.25, 0.3) is 11.1 Å². The van der Waals surface area contributed by atoms with Gasteiger partial charge in [0.1, 0.15) is 11.8 Å². The van der Waals surface area contributed by atoms with Crippen LogP contribution in [0.2, 0.25) is 5.02 Å². The van der Waals surface area contributed by atoms with Crippen LogP contribution < -0.4 is 10.1 Å². The molecule has 0 bridgehead atoms. The SMILES string of the molecule is COc1nc(C2=NO[C@@H](C)[C@@H](c3ccc(Cl)cc3)N2)ccc1-c1ccnc(C)c1. The zero-order valence-electron chi connectivity index (χ0n) is 16.4. The minimum absolute atomic E-state index is 0.0740. The molecule has 0 saturated carbocycles. The fourth-order valence-electron chi connectivity index (χ4n) is 3.29. The van der Waals surface area contributed by atoms with E-state index >= 15 is 0 Å². The van der Waals surface area contributed by atoms with Gasteiger partial charge in [0, 0.05) is 22.5 Å². The van der Waals surface area contributed by atoms with E-state index in [0.29, 0.717) is 22.4 Å². The maximum absolute atomic E-state index is 6.02. The Morgan fingerprint density at radius 1 is 1.10 bits per heavy atom.